The Kier molecular flexibility index (Phi) is 4.26. The normalized spacial score (nSPS) is 11.7. The van der Waals surface area contributed by atoms with Gasteiger partial charge in [0.05, 0.1) is 18.9 Å². The van der Waals surface area contributed by atoms with Crippen LogP contribution in [0, 0.1) is 11.3 Å². The zero-order chi connectivity index (χ0) is 14.5. The van der Waals surface area contributed by atoms with E-state index in [-0.39, 0.29) is 0 Å². The third kappa shape index (κ3) is 2.91. The summed E-state index contributed by atoms with van der Waals surface area (Å²) in [7, 11) is 3.49. The van der Waals surface area contributed by atoms with Gasteiger partial charge in [-0.05, 0) is 30.7 Å². The summed E-state index contributed by atoms with van der Waals surface area (Å²) in [6.07, 6.45) is 2.70. The Hall–Kier alpha value is -2.48. The molecule has 1 atom stereocenters. The molecule has 104 valence electrons. The van der Waals surface area contributed by atoms with Crippen molar-refractivity contribution in [3.05, 3.63) is 41.7 Å². The lowest BCUT2D eigenvalue weighted by molar-refractivity contribution is 0.415. The van der Waals surface area contributed by atoms with E-state index >= 15 is 0 Å². The molecule has 20 heavy (non-hydrogen) atoms. The molecule has 1 unspecified atom stereocenters. The largest absolute Gasteiger partial charge is 0.497 e. The molecular weight excluding hydrogens is 252 g/mol. The van der Waals surface area contributed by atoms with Crippen molar-refractivity contribution < 1.29 is 4.74 Å². The number of hydrogen-bond donors (Lipinski definition) is 1. The van der Waals surface area contributed by atoms with Crippen LogP contribution < -0.4 is 10.1 Å². The molecule has 0 amide bonds. The standard InChI is InChI=1S/C15H18N4O/c1-4-14-13(10-19(2)18-14)15(9-16)17-11-5-7-12(20-3)8-6-11/h5-8,10,15,17H,4H2,1-3H3. The lowest BCUT2D eigenvalue weighted by Crippen LogP contribution is -2.09. The zero-order valence-corrected chi connectivity index (χ0v) is 11.9. The van der Waals surface area contributed by atoms with E-state index in [1.165, 1.54) is 0 Å². The first-order valence-electron chi connectivity index (χ1n) is 6.50. The van der Waals surface area contributed by atoms with Crippen molar-refractivity contribution in [3.63, 3.8) is 0 Å². The van der Waals surface area contributed by atoms with Crippen LogP contribution in [0.25, 0.3) is 0 Å². The fourth-order valence-corrected chi connectivity index (χ4v) is 2.10. The second-order valence-corrected chi connectivity index (χ2v) is 4.49. The quantitative estimate of drug-likeness (QED) is 0.907. The Morgan fingerprint density at radius 1 is 1.40 bits per heavy atom. The van der Waals surface area contributed by atoms with Crippen LogP contribution in [0.2, 0.25) is 0 Å². The Labute approximate surface area is 118 Å². The number of aromatic nitrogens is 2. The first-order chi connectivity index (χ1) is 9.67. The number of aryl methyl sites for hydroxylation is 2. The smallest absolute Gasteiger partial charge is 0.143 e. The number of nitrogens with one attached hydrogen (secondary N) is 1. The summed E-state index contributed by atoms with van der Waals surface area (Å²) in [5.74, 6) is 0.791. The molecule has 0 saturated carbocycles. The SMILES string of the molecule is CCc1nn(C)cc1C(C#N)Nc1ccc(OC)cc1. The first-order valence-corrected chi connectivity index (χ1v) is 6.50. The molecule has 1 N–H and O–H groups in total. The van der Waals surface area contributed by atoms with Gasteiger partial charge in [0.2, 0.25) is 0 Å². The average molecular weight is 270 g/mol. The molecule has 5 nitrogen and oxygen atoms in total. The maximum Gasteiger partial charge on any atom is 0.143 e. The second kappa shape index (κ2) is 6.11. The first kappa shape index (κ1) is 13.9. The van der Waals surface area contributed by atoms with Crippen molar-refractivity contribution in [1.82, 2.24) is 9.78 Å². The molecule has 0 aliphatic carbocycles. The van der Waals surface area contributed by atoms with Gasteiger partial charge in [-0.2, -0.15) is 10.4 Å². The lowest BCUT2D eigenvalue weighted by Gasteiger charge is -2.13. The van der Waals surface area contributed by atoms with Crippen LogP contribution in [0.15, 0.2) is 30.5 Å². The van der Waals surface area contributed by atoms with E-state index in [0.717, 1.165) is 29.1 Å². The number of nitriles is 1. The van der Waals surface area contributed by atoms with Crippen molar-refractivity contribution in [2.45, 2.75) is 19.4 Å². The minimum atomic E-state index is -0.410. The summed E-state index contributed by atoms with van der Waals surface area (Å²) >= 11 is 0. The molecule has 5 heteroatoms. The molecule has 2 aromatic rings. The fourth-order valence-electron chi connectivity index (χ4n) is 2.10. The Morgan fingerprint density at radius 3 is 2.65 bits per heavy atom. The maximum absolute atomic E-state index is 9.40. The summed E-state index contributed by atoms with van der Waals surface area (Å²) in [6, 6.07) is 9.39. The van der Waals surface area contributed by atoms with E-state index in [0.29, 0.717) is 0 Å². The number of anilines is 1. The van der Waals surface area contributed by atoms with Gasteiger partial charge in [-0.3, -0.25) is 4.68 Å². The average Bonchev–Trinajstić information content (AvgIpc) is 2.86. The van der Waals surface area contributed by atoms with Gasteiger partial charge in [-0.25, -0.2) is 0 Å². The molecule has 0 aliphatic rings. The van der Waals surface area contributed by atoms with Crippen LogP contribution in [0.5, 0.6) is 5.75 Å². The van der Waals surface area contributed by atoms with E-state index in [4.69, 9.17) is 4.74 Å². The van der Waals surface area contributed by atoms with E-state index in [9.17, 15) is 5.26 Å². The van der Waals surface area contributed by atoms with Crippen LogP contribution in [0.3, 0.4) is 0 Å². The van der Waals surface area contributed by atoms with Crippen LogP contribution >= 0.6 is 0 Å². The predicted molar refractivity (Wildman–Crippen MR) is 77.6 cm³/mol. The molecule has 1 heterocycles. The molecule has 0 aliphatic heterocycles. The topological polar surface area (TPSA) is 62.9 Å². The van der Waals surface area contributed by atoms with E-state index in [1.807, 2.05) is 44.4 Å². The van der Waals surface area contributed by atoms with Gasteiger partial charge >= 0.3 is 0 Å². The number of hydrogen-bond acceptors (Lipinski definition) is 4. The lowest BCUT2D eigenvalue weighted by atomic mass is 10.1. The van der Waals surface area contributed by atoms with Crippen molar-refractivity contribution >= 4 is 5.69 Å². The highest BCUT2D eigenvalue weighted by Gasteiger charge is 2.17. The van der Waals surface area contributed by atoms with Gasteiger partial charge < -0.3 is 10.1 Å². The summed E-state index contributed by atoms with van der Waals surface area (Å²) in [6.45, 7) is 2.04. The maximum atomic E-state index is 9.40. The van der Waals surface area contributed by atoms with Gasteiger partial charge in [0.1, 0.15) is 11.8 Å². The van der Waals surface area contributed by atoms with Crippen LogP contribution in [0.1, 0.15) is 24.2 Å². The predicted octanol–water partition coefficient (Wildman–Crippen LogP) is 2.67. The van der Waals surface area contributed by atoms with Crippen LogP contribution in [-0.4, -0.2) is 16.9 Å². The van der Waals surface area contributed by atoms with Gasteiger partial charge in [0.25, 0.3) is 0 Å². The molecule has 1 aromatic heterocycles. The highest BCUT2D eigenvalue weighted by atomic mass is 16.5. The number of methoxy groups -OCH3 is 1. The van der Waals surface area contributed by atoms with Crippen molar-refractivity contribution in [2.24, 2.45) is 7.05 Å². The number of benzene rings is 1. The summed E-state index contributed by atoms with van der Waals surface area (Å²) in [5.41, 5.74) is 2.75. The van der Waals surface area contributed by atoms with Gasteiger partial charge in [0, 0.05) is 24.5 Å². The van der Waals surface area contributed by atoms with Crippen molar-refractivity contribution in [1.29, 1.82) is 5.26 Å². The monoisotopic (exact) mass is 270 g/mol. The number of ether oxygens (including phenoxy) is 1. The molecular formula is C15H18N4O. The minimum absolute atomic E-state index is 0.410. The molecule has 1 aromatic carbocycles. The molecule has 0 fully saturated rings. The van der Waals surface area contributed by atoms with E-state index in [2.05, 4.69) is 16.5 Å². The minimum Gasteiger partial charge on any atom is -0.497 e. The van der Waals surface area contributed by atoms with Crippen LogP contribution in [0.4, 0.5) is 5.69 Å². The summed E-state index contributed by atoms with van der Waals surface area (Å²) < 4.78 is 6.86. The van der Waals surface area contributed by atoms with Crippen molar-refractivity contribution in [3.8, 4) is 11.8 Å². The van der Waals surface area contributed by atoms with Gasteiger partial charge in [0.15, 0.2) is 0 Å². The Morgan fingerprint density at radius 2 is 2.10 bits per heavy atom. The van der Waals surface area contributed by atoms with Crippen molar-refractivity contribution in [2.75, 3.05) is 12.4 Å². The summed E-state index contributed by atoms with van der Waals surface area (Å²) in [5, 5.41) is 17.0. The van der Waals surface area contributed by atoms with E-state index < -0.39 is 6.04 Å². The fraction of sp³-hybridized carbons (Fsp3) is 0.333. The van der Waals surface area contributed by atoms with Gasteiger partial charge in [-0.1, -0.05) is 6.92 Å². The Bertz CT molecular complexity index is 610. The zero-order valence-electron chi connectivity index (χ0n) is 11.9. The molecule has 2 rings (SSSR count). The highest BCUT2D eigenvalue weighted by Crippen LogP contribution is 2.23. The summed E-state index contributed by atoms with van der Waals surface area (Å²) in [4.78, 5) is 0. The third-order valence-corrected chi connectivity index (χ3v) is 3.11. The molecule has 0 radical (unpaired) electrons. The van der Waals surface area contributed by atoms with Crippen LogP contribution in [-0.2, 0) is 13.5 Å². The molecule has 0 bridgehead atoms. The highest BCUT2D eigenvalue weighted by molar-refractivity contribution is 5.50. The number of rotatable bonds is 5. The van der Waals surface area contributed by atoms with Gasteiger partial charge in [-0.15, -0.1) is 0 Å². The second-order valence-electron chi connectivity index (χ2n) is 4.49. The molecule has 0 spiro atoms. The number of nitrogens with zero attached hydrogens (tertiary/aromatic N) is 3. The van der Waals surface area contributed by atoms with E-state index in [1.54, 1.807) is 11.8 Å². The molecule has 0 saturated heterocycles. The third-order valence-electron chi connectivity index (χ3n) is 3.11. The Balaban J connectivity index is 2.22.